The van der Waals surface area contributed by atoms with Crippen molar-refractivity contribution in [3.63, 3.8) is 0 Å². The van der Waals surface area contributed by atoms with Crippen LogP contribution in [0.25, 0.3) is 280 Å². The molecule has 1 aliphatic carbocycles. The van der Waals surface area contributed by atoms with E-state index in [1.165, 1.54) is 108 Å². The molecule has 12 aromatic heterocycles. The van der Waals surface area contributed by atoms with Gasteiger partial charge in [-0.2, -0.15) is 4.98 Å². The quantitative estimate of drug-likeness (QED) is 0.135. The van der Waals surface area contributed by atoms with E-state index in [0.717, 1.165) is 160 Å². The molecule has 0 amide bonds. The number of benzene rings is 18. The van der Waals surface area contributed by atoms with Gasteiger partial charge < -0.3 is 13.6 Å². The lowest BCUT2D eigenvalue weighted by molar-refractivity contribution is 0.636. The molecule has 12 heterocycles. The summed E-state index contributed by atoms with van der Waals surface area (Å²) in [7, 11) is 0. The first-order valence-electron chi connectivity index (χ1n) is 48.4. The zero-order valence-electron chi connectivity index (χ0n) is 77.8. The van der Waals surface area contributed by atoms with Crippen molar-refractivity contribution in [2.45, 2.75) is 19.3 Å². The molecule has 1 aliphatic rings. The minimum atomic E-state index is -0.286. The van der Waals surface area contributed by atoms with Crippen LogP contribution in [0.3, 0.4) is 0 Å². The van der Waals surface area contributed by atoms with E-state index in [1.807, 2.05) is 73.2 Å². The Morgan fingerprint density at radius 1 is 0.264 bits per heavy atom. The molecule has 0 saturated heterocycles. The molecule has 0 bridgehead atoms. The Bertz CT molecular complexity index is 10300. The summed E-state index contributed by atoms with van der Waals surface area (Å²) in [5, 5.41) is 24.5. The van der Waals surface area contributed by atoms with Crippen LogP contribution in [0.4, 0.5) is 0 Å². The van der Waals surface area contributed by atoms with Gasteiger partial charge in [-0.15, -0.1) is 11.3 Å². The van der Waals surface area contributed by atoms with Gasteiger partial charge in [-0.1, -0.05) is 293 Å². The molecule has 0 saturated carbocycles. The highest BCUT2D eigenvalue weighted by Crippen LogP contribution is 2.53. The fourth-order valence-corrected chi connectivity index (χ4v) is 23.3. The SMILES string of the molecule is CC1(C)c2ccccc2-c2c(-c3cccc4cc(-n5c6ccccc6c6cc7ccccc7cc65)ccc34)nc(-c3ccc4cccnc4c3)nc21.c1ccc2cc3c(cc2c1)c1ccccc1n3-c1ccc(-c2nc(-c3ccc4cccnc4c3)nc3oc4ccccc4c23)cn1.c1ccc2cc3c(cc2c1)c1ccccc1n3-c1ccc(-c2nc(-c3ccc4cccnc4c3)nc3sc4ccccc4c23)cc1. The summed E-state index contributed by atoms with van der Waals surface area (Å²) in [6.45, 7) is 4.56. The van der Waals surface area contributed by atoms with E-state index in [1.54, 1.807) is 17.5 Å². The fourth-order valence-electron chi connectivity index (χ4n) is 22.2. The zero-order valence-corrected chi connectivity index (χ0v) is 78.6. The smallest absolute Gasteiger partial charge is 0.231 e. The average molecular weight is 1860 g/mol. The third kappa shape index (κ3) is 13.3. The van der Waals surface area contributed by atoms with Crippen molar-refractivity contribution >= 4 is 195 Å². The highest BCUT2D eigenvalue weighted by molar-refractivity contribution is 7.25. The Morgan fingerprint density at radius 3 is 1.28 bits per heavy atom. The second-order valence-corrected chi connectivity index (χ2v) is 38.8. The summed E-state index contributed by atoms with van der Waals surface area (Å²) in [6, 6.07) is 148. The van der Waals surface area contributed by atoms with E-state index in [-0.39, 0.29) is 5.41 Å². The van der Waals surface area contributed by atoms with Gasteiger partial charge >= 0.3 is 0 Å². The molecule has 0 aliphatic heterocycles. The van der Waals surface area contributed by atoms with Crippen molar-refractivity contribution in [2.75, 3.05) is 0 Å². The van der Waals surface area contributed by atoms with Crippen LogP contribution >= 0.6 is 11.3 Å². The second-order valence-electron chi connectivity index (χ2n) is 37.7. The summed E-state index contributed by atoms with van der Waals surface area (Å²) < 4.78 is 14.5. The van der Waals surface area contributed by atoms with Crippen molar-refractivity contribution in [1.29, 1.82) is 0 Å². The number of nitrogens with zero attached hydrogens (tertiary/aromatic N) is 13. The first-order chi connectivity index (χ1) is 71.1. The van der Waals surface area contributed by atoms with Gasteiger partial charge in [-0.25, -0.2) is 29.9 Å². The van der Waals surface area contributed by atoms with Crippen molar-refractivity contribution in [1.82, 2.24) is 63.5 Å². The number of hydrogen-bond acceptors (Lipinski definition) is 12. The minimum absolute atomic E-state index is 0.286. The first kappa shape index (κ1) is 82.1. The fraction of sp³-hybridized carbons (Fsp3) is 0.0233. The topological polar surface area (TPSA) is 157 Å². The molecule has 0 radical (unpaired) electrons. The molecular formula is C129H79N13OS. The van der Waals surface area contributed by atoms with Crippen LogP contribution in [0.1, 0.15) is 25.1 Å². The molecule has 0 atom stereocenters. The van der Waals surface area contributed by atoms with E-state index in [2.05, 4.69) is 406 Å². The lowest BCUT2D eigenvalue weighted by Crippen LogP contribution is -2.17. The van der Waals surface area contributed by atoms with Crippen molar-refractivity contribution in [3.8, 4) is 96.3 Å². The van der Waals surface area contributed by atoms with Gasteiger partial charge in [-0.3, -0.25) is 19.5 Å². The van der Waals surface area contributed by atoms with Crippen molar-refractivity contribution in [2.24, 2.45) is 0 Å². The number of para-hydroxylation sites is 4. The molecule has 0 fully saturated rings. The molecule has 672 valence electrons. The minimum Gasteiger partial charge on any atom is -0.438 e. The molecule has 0 unspecified atom stereocenters. The number of aromatic nitrogens is 13. The summed E-state index contributed by atoms with van der Waals surface area (Å²) in [6.07, 6.45) is 7.38. The molecule has 31 rings (SSSR count). The number of pyridine rings is 4. The van der Waals surface area contributed by atoms with E-state index >= 15 is 0 Å². The van der Waals surface area contributed by atoms with Crippen LogP contribution < -0.4 is 0 Å². The molecule has 30 aromatic rings. The summed E-state index contributed by atoms with van der Waals surface area (Å²) in [4.78, 5) is 51.0. The number of rotatable bonds is 9. The summed E-state index contributed by atoms with van der Waals surface area (Å²) in [5.41, 5.74) is 26.3. The lowest BCUT2D eigenvalue weighted by atomic mass is 9.85. The van der Waals surface area contributed by atoms with Crippen LogP contribution in [0.15, 0.2) is 448 Å². The van der Waals surface area contributed by atoms with Crippen molar-refractivity contribution in [3.05, 3.63) is 455 Å². The van der Waals surface area contributed by atoms with E-state index in [0.29, 0.717) is 23.2 Å². The first-order valence-corrected chi connectivity index (χ1v) is 49.2. The van der Waals surface area contributed by atoms with Crippen LogP contribution in [-0.4, -0.2) is 63.5 Å². The van der Waals surface area contributed by atoms with Gasteiger partial charge in [0.25, 0.3) is 0 Å². The Morgan fingerprint density at radius 2 is 0.701 bits per heavy atom. The van der Waals surface area contributed by atoms with Crippen LogP contribution in [0.5, 0.6) is 0 Å². The van der Waals surface area contributed by atoms with Gasteiger partial charge in [0.2, 0.25) is 5.71 Å². The number of thiophene rings is 1. The largest absolute Gasteiger partial charge is 0.438 e. The second kappa shape index (κ2) is 32.6. The van der Waals surface area contributed by atoms with E-state index in [4.69, 9.17) is 39.3 Å². The maximum atomic E-state index is 6.29. The zero-order chi connectivity index (χ0) is 94.9. The predicted molar refractivity (Wildman–Crippen MR) is 593 cm³/mol. The Balaban J connectivity index is 0.000000103. The van der Waals surface area contributed by atoms with Gasteiger partial charge in [0, 0.05) is 150 Å². The third-order valence-electron chi connectivity index (χ3n) is 29.1. The standard InChI is InChI=1S/C48H32N4.C41H24N4S.C40H23N5O/c1-48(2)40-18-7-5-16-38(40)44-45(50-47(51-46(44)48)33-21-20-29-14-10-24-49-41(29)27-33)37-17-9-13-32-25-34(22-23-35(32)37)52-42-19-8-6-15-36(42)39-26-30-11-3-4-12-31(30)28-43(39)52;1-2-9-28-24-36-33(22-27(28)8-1)31-11-3-5-13-35(31)45(36)30-19-17-26(18-20-30)39-38-32-12-4-6-14-37(32)46-41(38)44-40(43-39)29-16-15-25-10-7-21-42-34(25)23-29;1-2-9-26-22-34-31(20-25(26)8-1)29-11-3-5-13-33(29)45(34)36-18-17-28(23-42-36)38-37-30-12-4-6-14-35(30)46-40(37)44-39(43-38)27-16-15-24-10-7-19-41-32(24)21-27/h3-28H,1-2H3;1-24H;1-23H. The van der Waals surface area contributed by atoms with Gasteiger partial charge in [0.1, 0.15) is 16.2 Å². The van der Waals surface area contributed by atoms with Gasteiger partial charge in [0.05, 0.1) is 77.8 Å². The monoisotopic (exact) mass is 1860 g/mol. The molecule has 0 spiro atoms. The maximum Gasteiger partial charge on any atom is 0.231 e. The highest BCUT2D eigenvalue weighted by Gasteiger charge is 2.40. The van der Waals surface area contributed by atoms with Crippen LogP contribution in [0.2, 0.25) is 0 Å². The predicted octanol–water partition coefficient (Wildman–Crippen LogP) is 32.9. The third-order valence-corrected chi connectivity index (χ3v) is 30.2. The average Bonchev–Trinajstić information content (AvgIpc) is 1.56. The number of hydrogen-bond donors (Lipinski definition) is 0. The van der Waals surface area contributed by atoms with Crippen molar-refractivity contribution < 1.29 is 4.42 Å². The molecule has 0 N–H and O–H groups in total. The van der Waals surface area contributed by atoms with Crippen LogP contribution in [0, 0.1) is 0 Å². The number of fused-ring (bicyclic) bond motifs is 25. The Hall–Kier alpha value is -19.0. The molecular weight excluding hydrogens is 1780 g/mol. The summed E-state index contributed by atoms with van der Waals surface area (Å²) in [5.74, 6) is 2.84. The molecule has 18 aromatic carbocycles. The van der Waals surface area contributed by atoms with Crippen LogP contribution in [-0.2, 0) is 5.41 Å². The molecule has 15 heteroatoms. The Labute approximate surface area is 827 Å². The summed E-state index contributed by atoms with van der Waals surface area (Å²) >= 11 is 1.72. The van der Waals surface area contributed by atoms with E-state index < -0.39 is 0 Å². The highest BCUT2D eigenvalue weighted by atomic mass is 32.1. The molecule has 14 nitrogen and oxygen atoms in total. The Kier molecular flexibility index (Phi) is 18.6. The van der Waals surface area contributed by atoms with Gasteiger partial charge in [0.15, 0.2) is 17.5 Å². The normalized spacial score (nSPS) is 12.4. The number of furan rings is 1. The molecule has 144 heavy (non-hydrogen) atoms. The van der Waals surface area contributed by atoms with Gasteiger partial charge in [-0.05, 0) is 194 Å². The lowest BCUT2D eigenvalue weighted by Gasteiger charge is -2.21. The maximum absolute atomic E-state index is 6.29. The van der Waals surface area contributed by atoms with E-state index in [9.17, 15) is 0 Å².